The van der Waals surface area contributed by atoms with Crippen LogP contribution in [0.25, 0.3) is 11.3 Å². The highest BCUT2D eigenvalue weighted by molar-refractivity contribution is 6.04. The van der Waals surface area contributed by atoms with Gasteiger partial charge in [0.05, 0.1) is 11.4 Å². The smallest absolute Gasteiger partial charge is 0.342 e. The highest BCUT2D eigenvalue weighted by Gasteiger charge is 2.27. The summed E-state index contributed by atoms with van der Waals surface area (Å²) in [5.41, 5.74) is 3.11. The van der Waals surface area contributed by atoms with Crippen LogP contribution in [0.3, 0.4) is 0 Å². The number of phenolic OH excluding ortho intramolecular Hbond substituents is 1. The lowest BCUT2D eigenvalue weighted by atomic mass is 9.82. The Morgan fingerprint density at radius 2 is 1.86 bits per heavy atom. The quantitative estimate of drug-likeness (QED) is 0.331. The number of phenols is 1. The fourth-order valence-corrected chi connectivity index (χ4v) is 4.11. The first-order chi connectivity index (χ1) is 17.5. The van der Waals surface area contributed by atoms with Crippen LogP contribution in [0, 0.1) is 5.82 Å². The zero-order chi connectivity index (χ0) is 25.1. The van der Waals surface area contributed by atoms with Crippen molar-refractivity contribution < 1.29 is 19.1 Å². The summed E-state index contributed by atoms with van der Waals surface area (Å²) in [6.07, 6.45) is 6.01. The Labute approximate surface area is 206 Å². The first-order valence-electron chi connectivity index (χ1n) is 11.7. The van der Waals surface area contributed by atoms with Crippen molar-refractivity contribution in [3.8, 4) is 17.0 Å². The van der Waals surface area contributed by atoms with Gasteiger partial charge in [0.1, 0.15) is 11.6 Å². The van der Waals surface area contributed by atoms with Gasteiger partial charge in [0.15, 0.2) is 0 Å². The summed E-state index contributed by atoms with van der Waals surface area (Å²) in [5.74, 6) is -0.527. The van der Waals surface area contributed by atoms with E-state index < -0.39 is 6.03 Å². The molecule has 1 aliphatic rings. The van der Waals surface area contributed by atoms with E-state index in [1.807, 2.05) is 0 Å². The van der Waals surface area contributed by atoms with Crippen molar-refractivity contribution in [3.05, 3.63) is 95.7 Å². The van der Waals surface area contributed by atoms with Gasteiger partial charge in [-0.25, -0.2) is 9.18 Å². The summed E-state index contributed by atoms with van der Waals surface area (Å²) in [6.45, 7) is 0.150. The Bertz CT molecular complexity index is 1420. The minimum Gasteiger partial charge on any atom is -0.507 e. The molecule has 4 aromatic rings. The summed E-state index contributed by atoms with van der Waals surface area (Å²) >= 11 is 0. The minimum absolute atomic E-state index is 0.0260. The lowest BCUT2D eigenvalue weighted by Crippen LogP contribution is -2.31. The van der Waals surface area contributed by atoms with Crippen LogP contribution >= 0.6 is 0 Å². The standard InChI is InChI=1S/C27H24FN5O3/c28-20-6-1-3-17(13-20)16-30-27(36)33-24(18-4-2-5-18)15-23(32-33)22-14-21(7-8-25(22)34)31-26(35)19-9-11-29-12-10-19/h1,3,6-15,18,34H,2,4-5,16H2,(H,30,36)(H,31,35). The third kappa shape index (κ3) is 4.95. The number of benzene rings is 2. The number of amides is 2. The van der Waals surface area contributed by atoms with Gasteiger partial charge < -0.3 is 15.7 Å². The van der Waals surface area contributed by atoms with E-state index in [9.17, 15) is 19.1 Å². The number of aromatic nitrogens is 3. The molecule has 0 spiro atoms. The third-order valence-corrected chi connectivity index (χ3v) is 6.26. The Morgan fingerprint density at radius 1 is 1.06 bits per heavy atom. The second-order valence-corrected chi connectivity index (χ2v) is 8.70. The van der Waals surface area contributed by atoms with Crippen LogP contribution in [-0.2, 0) is 6.54 Å². The van der Waals surface area contributed by atoms with E-state index in [2.05, 4.69) is 20.7 Å². The molecule has 9 heteroatoms. The van der Waals surface area contributed by atoms with Crippen molar-refractivity contribution in [2.45, 2.75) is 31.7 Å². The summed E-state index contributed by atoms with van der Waals surface area (Å²) in [7, 11) is 0. The normalized spacial score (nSPS) is 13.1. The Hall–Kier alpha value is -4.53. The molecular formula is C27H24FN5O3. The van der Waals surface area contributed by atoms with Crippen LogP contribution in [0.15, 0.2) is 73.1 Å². The number of nitrogens with one attached hydrogen (secondary N) is 2. The topological polar surface area (TPSA) is 109 Å². The van der Waals surface area contributed by atoms with Crippen molar-refractivity contribution >= 4 is 17.6 Å². The monoisotopic (exact) mass is 485 g/mol. The van der Waals surface area contributed by atoms with E-state index in [0.717, 1.165) is 25.0 Å². The molecule has 0 unspecified atom stereocenters. The summed E-state index contributed by atoms with van der Waals surface area (Å²) in [6, 6.07) is 15.3. The Kier molecular flexibility index (Phi) is 6.44. The molecule has 5 rings (SSSR count). The average molecular weight is 486 g/mol. The molecule has 1 fully saturated rings. The average Bonchev–Trinajstić information content (AvgIpc) is 3.27. The molecule has 0 radical (unpaired) electrons. The molecular weight excluding hydrogens is 461 g/mol. The highest BCUT2D eigenvalue weighted by Crippen LogP contribution is 2.39. The van der Waals surface area contributed by atoms with Gasteiger partial charge in [0.2, 0.25) is 0 Å². The predicted molar refractivity (Wildman–Crippen MR) is 132 cm³/mol. The maximum atomic E-state index is 13.5. The highest BCUT2D eigenvalue weighted by atomic mass is 19.1. The molecule has 36 heavy (non-hydrogen) atoms. The van der Waals surface area contributed by atoms with E-state index in [1.54, 1.807) is 42.5 Å². The Balaban J connectivity index is 1.40. The van der Waals surface area contributed by atoms with Crippen LogP contribution in [0.1, 0.15) is 46.8 Å². The van der Waals surface area contributed by atoms with Gasteiger partial charge in [0, 0.05) is 41.7 Å². The van der Waals surface area contributed by atoms with Gasteiger partial charge in [-0.15, -0.1) is 0 Å². The molecule has 2 heterocycles. The molecule has 1 saturated carbocycles. The summed E-state index contributed by atoms with van der Waals surface area (Å²) in [4.78, 5) is 29.5. The van der Waals surface area contributed by atoms with E-state index in [1.165, 1.54) is 35.3 Å². The molecule has 1 aliphatic carbocycles. The summed E-state index contributed by atoms with van der Waals surface area (Å²) in [5, 5.41) is 20.7. The SMILES string of the molecule is O=C(Nc1ccc(O)c(-c2cc(C3CCC3)n(C(=O)NCc3cccc(F)c3)n2)c1)c1ccncc1. The zero-order valence-electron chi connectivity index (χ0n) is 19.3. The molecule has 2 aromatic carbocycles. The molecule has 2 amide bonds. The van der Waals surface area contributed by atoms with Crippen molar-refractivity contribution in [1.82, 2.24) is 20.1 Å². The van der Waals surface area contributed by atoms with Crippen LogP contribution in [0.4, 0.5) is 14.9 Å². The van der Waals surface area contributed by atoms with Gasteiger partial charge in [0.25, 0.3) is 5.91 Å². The van der Waals surface area contributed by atoms with Gasteiger partial charge in [-0.05, 0) is 66.9 Å². The predicted octanol–water partition coefficient (Wildman–Crippen LogP) is 5.07. The lowest BCUT2D eigenvalue weighted by molar-refractivity contribution is 0.102. The second kappa shape index (κ2) is 9.99. The first-order valence-corrected chi connectivity index (χ1v) is 11.7. The largest absolute Gasteiger partial charge is 0.507 e. The number of hydrogen-bond donors (Lipinski definition) is 3. The van der Waals surface area contributed by atoms with Crippen LogP contribution in [0.2, 0.25) is 0 Å². The maximum absolute atomic E-state index is 13.5. The van der Waals surface area contributed by atoms with E-state index in [0.29, 0.717) is 28.1 Å². The van der Waals surface area contributed by atoms with Gasteiger partial charge in [-0.1, -0.05) is 18.6 Å². The maximum Gasteiger partial charge on any atom is 0.342 e. The van der Waals surface area contributed by atoms with Crippen molar-refractivity contribution in [2.75, 3.05) is 5.32 Å². The molecule has 0 saturated heterocycles. The fourth-order valence-electron chi connectivity index (χ4n) is 4.11. The Morgan fingerprint density at radius 3 is 2.58 bits per heavy atom. The zero-order valence-corrected chi connectivity index (χ0v) is 19.3. The van der Waals surface area contributed by atoms with E-state index in [4.69, 9.17) is 0 Å². The van der Waals surface area contributed by atoms with Crippen molar-refractivity contribution in [1.29, 1.82) is 0 Å². The number of carbonyl (C=O) groups is 2. The number of hydrogen-bond acceptors (Lipinski definition) is 5. The van der Waals surface area contributed by atoms with Crippen LogP contribution in [-0.4, -0.2) is 31.8 Å². The van der Waals surface area contributed by atoms with Gasteiger partial charge >= 0.3 is 6.03 Å². The second-order valence-electron chi connectivity index (χ2n) is 8.70. The number of nitrogens with zero attached hydrogens (tertiary/aromatic N) is 3. The molecule has 0 bridgehead atoms. The number of pyridine rings is 1. The summed E-state index contributed by atoms with van der Waals surface area (Å²) < 4.78 is 14.8. The molecule has 182 valence electrons. The molecule has 3 N–H and O–H groups in total. The number of aromatic hydroxyl groups is 1. The van der Waals surface area contributed by atoms with Gasteiger partial charge in [-0.2, -0.15) is 9.78 Å². The van der Waals surface area contributed by atoms with Crippen LogP contribution in [0.5, 0.6) is 5.75 Å². The molecule has 0 atom stereocenters. The van der Waals surface area contributed by atoms with Crippen molar-refractivity contribution in [3.63, 3.8) is 0 Å². The number of carbonyl (C=O) groups excluding carboxylic acids is 2. The number of anilines is 1. The lowest BCUT2D eigenvalue weighted by Gasteiger charge is -2.25. The van der Waals surface area contributed by atoms with E-state index >= 15 is 0 Å². The minimum atomic E-state index is -0.436. The third-order valence-electron chi connectivity index (χ3n) is 6.26. The number of rotatable bonds is 6. The van der Waals surface area contributed by atoms with Crippen molar-refractivity contribution in [2.24, 2.45) is 0 Å². The van der Waals surface area contributed by atoms with Gasteiger partial charge in [-0.3, -0.25) is 9.78 Å². The van der Waals surface area contributed by atoms with Crippen LogP contribution < -0.4 is 10.6 Å². The molecule has 8 nitrogen and oxygen atoms in total. The molecule has 2 aromatic heterocycles. The first kappa shape index (κ1) is 23.2. The van der Waals surface area contributed by atoms with E-state index in [-0.39, 0.29) is 29.9 Å². The molecule has 0 aliphatic heterocycles. The fraction of sp³-hybridized carbons (Fsp3) is 0.185. The number of halogens is 1.